The molecule has 0 aromatic heterocycles. The molecule has 0 spiro atoms. The molecule has 0 aliphatic carbocycles. The van der Waals surface area contributed by atoms with E-state index in [0.717, 1.165) is 30.2 Å². The van der Waals surface area contributed by atoms with Gasteiger partial charge in [0.2, 0.25) is 0 Å². The van der Waals surface area contributed by atoms with E-state index in [1.807, 2.05) is 0 Å². The molecule has 2 heterocycles. The molecule has 0 N–H and O–H groups in total. The average molecular weight is 322 g/mol. The van der Waals surface area contributed by atoms with Gasteiger partial charge >= 0.3 is 6.03 Å². The van der Waals surface area contributed by atoms with E-state index in [9.17, 15) is 14.0 Å². The first-order valence-corrected chi connectivity index (χ1v) is 7.64. The topological polar surface area (TPSA) is 59.1 Å². The molecule has 1 atom stereocenters. The van der Waals surface area contributed by atoms with Gasteiger partial charge in [-0.05, 0) is 12.8 Å². The summed E-state index contributed by atoms with van der Waals surface area (Å²) in [6, 6.07) is 1.50. The first-order valence-electron chi connectivity index (χ1n) is 7.64. The number of anilines is 1. The fourth-order valence-corrected chi connectivity index (χ4v) is 3.20. The van der Waals surface area contributed by atoms with Crippen molar-refractivity contribution in [3.8, 4) is 11.5 Å². The summed E-state index contributed by atoms with van der Waals surface area (Å²) in [5.41, 5.74) is -0.0919. The first-order chi connectivity index (χ1) is 11.1. The Hall–Kier alpha value is -2.31. The number of hydrogen-bond donors (Lipinski definition) is 0. The van der Waals surface area contributed by atoms with Crippen LogP contribution in [-0.4, -0.2) is 43.6 Å². The van der Waals surface area contributed by atoms with Crippen LogP contribution in [0, 0.1) is 5.82 Å². The van der Waals surface area contributed by atoms with Crippen molar-refractivity contribution in [1.29, 1.82) is 0 Å². The normalized spacial score (nSPS) is 21.3. The molecule has 1 aromatic rings. The standard InChI is InChI=1S/C16H19FN2O4/c1-22-13-8-10(17)12(9-14(13)23-2)19-15(20)11-6-4-3-5-7-18(11)16(19)21/h8-9,11H,3-7H2,1-2H3. The highest BCUT2D eigenvalue weighted by Gasteiger charge is 2.46. The Bertz CT molecular complexity index is 625. The van der Waals surface area contributed by atoms with Crippen molar-refractivity contribution < 1.29 is 23.5 Å². The molecule has 3 rings (SSSR count). The highest BCUT2D eigenvalue weighted by Crippen LogP contribution is 2.37. The fourth-order valence-electron chi connectivity index (χ4n) is 3.20. The van der Waals surface area contributed by atoms with Gasteiger partial charge in [-0.15, -0.1) is 0 Å². The van der Waals surface area contributed by atoms with Crippen LogP contribution in [-0.2, 0) is 4.79 Å². The number of hydrogen-bond acceptors (Lipinski definition) is 4. The monoisotopic (exact) mass is 322 g/mol. The molecule has 1 aromatic carbocycles. The van der Waals surface area contributed by atoms with Gasteiger partial charge in [0.05, 0.1) is 19.9 Å². The van der Waals surface area contributed by atoms with Crippen LogP contribution in [0.15, 0.2) is 12.1 Å². The summed E-state index contributed by atoms with van der Waals surface area (Å²) in [5, 5.41) is 0. The Morgan fingerprint density at radius 2 is 1.78 bits per heavy atom. The maximum Gasteiger partial charge on any atom is 0.332 e. The zero-order valence-electron chi connectivity index (χ0n) is 13.2. The molecule has 2 fully saturated rings. The molecule has 6 nitrogen and oxygen atoms in total. The van der Waals surface area contributed by atoms with Crippen LogP contribution in [0.1, 0.15) is 25.7 Å². The van der Waals surface area contributed by atoms with E-state index in [1.54, 1.807) is 4.90 Å². The summed E-state index contributed by atoms with van der Waals surface area (Å²) >= 11 is 0. The van der Waals surface area contributed by atoms with Crippen molar-refractivity contribution in [3.05, 3.63) is 17.9 Å². The number of nitrogens with zero attached hydrogens (tertiary/aromatic N) is 2. The Labute approximate surface area is 133 Å². The summed E-state index contributed by atoms with van der Waals surface area (Å²) < 4.78 is 24.6. The quantitative estimate of drug-likeness (QED) is 0.803. The van der Waals surface area contributed by atoms with Crippen molar-refractivity contribution in [2.75, 3.05) is 25.7 Å². The van der Waals surface area contributed by atoms with E-state index < -0.39 is 17.9 Å². The van der Waals surface area contributed by atoms with E-state index >= 15 is 0 Å². The van der Waals surface area contributed by atoms with Crippen LogP contribution >= 0.6 is 0 Å². The molecule has 7 heteroatoms. The minimum atomic E-state index is -0.693. The lowest BCUT2D eigenvalue weighted by Gasteiger charge is -2.19. The highest BCUT2D eigenvalue weighted by atomic mass is 19.1. The second-order valence-electron chi connectivity index (χ2n) is 5.67. The molecule has 3 amide bonds. The van der Waals surface area contributed by atoms with E-state index in [-0.39, 0.29) is 23.1 Å². The zero-order chi connectivity index (χ0) is 16.6. The Balaban J connectivity index is 2.01. The maximum atomic E-state index is 14.4. The van der Waals surface area contributed by atoms with Crippen LogP contribution < -0.4 is 14.4 Å². The number of urea groups is 1. The predicted molar refractivity (Wildman–Crippen MR) is 81.3 cm³/mol. The average Bonchev–Trinajstić information content (AvgIpc) is 2.74. The molecule has 124 valence electrons. The molecule has 1 unspecified atom stereocenters. The molecule has 0 radical (unpaired) electrons. The van der Waals surface area contributed by atoms with E-state index in [1.165, 1.54) is 20.3 Å². The summed E-state index contributed by atoms with van der Waals surface area (Å²) in [4.78, 5) is 27.7. The van der Waals surface area contributed by atoms with Gasteiger partial charge in [0.15, 0.2) is 17.3 Å². The predicted octanol–water partition coefficient (Wildman–Crippen LogP) is 2.55. The van der Waals surface area contributed by atoms with E-state index in [4.69, 9.17) is 9.47 Å². The lowest BCUT2D eigenvalue weighted by Crippen LogP contribution is -2.34. The van der Waals surface area contributed by atoms with Gasteiger partial charge < -0.3 is 14.4 Å². The summed E-state index contributed by atoms with van der Waals surface area (Å²) in [5.74, 6) is -0.584. The number of imide groups is 1. The number of fused-ring (bicyclic) bond motifs is 1. The second kappa shape index (κ2) is 6.06. The smallest absolute Gasteiger partial charge is 0.332 e. The van der Waals surface area contributed by atoms with E-state index in [0.29, 0.717) is 13.0 Å². The third-order valence-electron chi connectivity index (χ3n) is 4.39. The Kier molecular flexibility index (Phi) is 4.11. The number of halogens is 1. The number of carbonyl (C=O) groups excluding carboxylic acids is 2. The number of ether oxygens (including phenoxy) is 2. The van der Waals surface area contributed by atoms with Crippen molar-refractivity contribution in [2.45, 2.75) is 31.7 Å². The largest absolute Gasteiger partial charge is 0.493 e. The highest BCUT2D eigenvalue weighted by molar-refractivity contribution is 6.21. The lowest BCUT2D eigenvalue weighted by atomic mass is 10.1. The summed E-state index contributed by atoms with van der Waals surface area (Å²) in [6.07, 6.45) is 3.37. The molecule has 0 saturated carbocycles. The zero-order valence-corrected chi connectivity index (χ0v) is 13.2. The minimum Gasteiger partial charge on any atom is -0.493 e. The van der Waals surface area contributed by atoms with Gasteiger partial charge in [-0.3, -0.25) is 4.79 Å². The van der Waals surface area contributed by atoms with Crippen molar-refractivity contribution >= 4 is 17.6 Å². The molecule has 2 aliphatic heterocycles. The Morgan fingerprint density at radius 3 is 2.48 bits per heavy atom. The van der Waals surface area contributed by atoms with E-state index in [2.05, 4.69) is 0 Å². The molecule has 23 heavy (non-hydrogen) atoms. The number of amides is 3. The molecular weight excluding hydrogens is 303 g/mol. The Morgan fingerprint density at radius 1 is 1.09 bits per heavy atom. The van der Waals surface area contributed by atoms with Crippen LogP contribution in [0.25, 0.3) is 0 Å². The van der Waals surface area contributed by atoms with Gasteiger partial charge in [-0.25, -0.2) is 14.1 Å². The molecule has 2 aliphatic rings. The van der Waals surface area contributed by atoms with Gasteiger partial charge in [0.1, 0.15) is 6.04 Å². The molecule has 2 saturated heterocycles. The number of carbonyl (C=O) groups is 2. The van der Waals surface area contributed by atoms with Crippen molar-refractivity contribution in [3.63, 3.8) is 0 Å². The summed E-state index contributed by atoms with van der Waals surface area (Å²) in [7, 11) is 2.81. The van der Waals surface area contributed by atoms with Crippen molar-refractivity contribution in [1.82, 2.24) is 4.90 Å². The van der Waals surface area contributed by atoms with Crippen LogP contribution in [0.3, 0.4) is 0 Å². The van der Waals surface area contributed by atoms with Gasteiger partial charge in [0, 0.05) is 18.7 Å². The van der Waals surface area contributed by atoms with Crippen LogP contribution in [0.2, 0.25) is 0 Å². The maximum absolute atomic E-state index is 14.4. The molecular formula is C16H19FN2O4. The lowest BCUT2D eigenvalue weighted by molar-refractivity contribution is -0.119. The van der Waals surface area contributed by atoms with Gasteiger partial charge in [0.25, 0.3) is 5.91 Å². The number of rotatable bonds is 3. The SMILES string of the molecule is COc1cc(F)c(N2C(=O)C3CCCCCN3C2=O)cc1OC. The summed E-state index contributed by atoms with van der Waals surface area (Å²) in [6.45, 7) is 0.528. The first kappa shape index (κ1) is 15.6. The third-order valence-corrected chi connectivity index (χ3v) is 4.39. The number of methoxy groups -OCH3 is 2. The third kappa shape index (κ3) is 2.50. The second-order valence-corrected chi connectivity index (χ2v) is 5.67. The van der Waals surface area contributed by atoms with Gasteiger partial charge in [-0.2, -0.15) is 0 Å². The van der Waals surface area contributed by atoms with Crippen LogP contribution in [0.4, 0.5) is 14.9 Å². The fraction of sp³-hybridized carbons (Fsp3) is 0.500. The van der Waals surface area contributed by atoms with Crippen LogP contribution in [0.5, 0.6) is 11.5 Å². The number of benzene rings is 1. The van der Waals surface area contributed by atoms with Gasteiger partial charge in [-0.1, -0.05) is 12.8 Å². The minimum absolute atomic E-state index is 0.0919. The molecule has 0 bridgehead atoms. The van der Waals surface area contributed by atoms with Crippen molar-refractivity contribution in [2.24, 2.45) is 0 Å².